The van der Waals surface area contributed by atoms with Gasteiger partial charge in [0.05, 0.1) is 5.56 Å². The summed E-state index contributed by atoms with van der Waals surface area (Å²) in [6.45, 7) is 0. The van der Waals surface area contributed by atoms with Gasteiger partial charge in [0.2, 0.25) is 5.82 Å². The van der Waals surface area contributed by atoms with Crippen LogP contribution in [0.5, 0.6) is 5.75 Å². The number of carbonyl (C=O) groups is 1. The summed E-state index contributed by atoms with van der Waals surface area (Å²) in [7, 11) is 0. The van der Waals surface area contributed by atoms with Crippen LogP contribution in [0.1, 0.15) is 10.4 Å². The summed E-state index contributed by atoms with van der Waals surface area (Å²) in [5.74, 6) is -6.76. The molecule has 0 unspecified atom stereocenters. The third-order valence-corrected chi connectivity index (χ3v) is 3.04. The lowest BCUT2D eigenvalue weighted by Gasteiger charge is -2.10. The Morgan fingerprint density at radius 1 is 0.900 bits per heavy atom. The molecule has 2 aromatic carbocycles. The smallest absolute Gasteiger partial charge is 0.343 e. The third kappa shape index (κ3) is 2.59. The minimum absolute atomic E-state index is 0.0683. The summed E-state index contributed by atoms with van der Waals surface area (Å²) in [4.78, 5) is 11.7. The van der Waals surface area contributed by atoms with Crippen LogP contribution >= 0.6 is 23.2 Å². The number of benzene rings is 2. The Morgan fingerprint density at radius 3 is 2.10 bits per heavy atom. The van der Waals surface area contributed by atoms with Crippen molar-refractivity contribution in [3.8, 4) is 5.75 Å². The number of hydrogen-bond acceptors (Lipinski definition) is 2. The van der Waals surface area contributed by atoms with Gasteiger partial charge in [-0.15, -0.1) is 0 Å². The molecule has 2 aromatic rings. The Hall–Kier alpha value is -1.72. The van der Waals surface area contributed by atoms with Crippen LogP contribution in [-0.2, 0) is 0 Å². The second-order valence-electron chi connectivity index (χ2n) is 3.65. The molecule has 0 amide bonds. The average Bonchev–Trinajstić information content (AvgIpc) is 2.48. The van der Waals surface area contributed by atoms with Gasteiger partial charge in [0.15, 0.2) is 17.4 Å². The van der Waals surface area contributed by atoms with Gasteiger partial charge in [0, 0.05) is 0 Å². The summed E-state index contributed by atoms with van der Waals surface area (Å²) in [6.07, 6.45) is 0. The van der Waals surface area contributed by atoms with E-state index in [1.54, 1.807) is 6.07 Å². The first kappa shape index (κ1) is 14.7. The summed E-state index contributed by atoms with van der Waals surface area (Å²) in [6, 6.07) is 7.49. The first-order chi connectivity index (χ1) is 9.43. The lowest BCUT2D eigenvalue weighted by molar-refractivity contribution is 0.0726. The van der Waals surface area contributed by atoms with E-state index >= 15 is 0 Å². The summed E-state index contributed by atoms with van der Waals surface area (Å²) in [5, 5.41) is -2.01. The maximum absolute atomic E-state index is 13.6. The van der Waals surface area contributed by atoms with Crippen molar-refractivity contribution in [1.29, 1.82) is 0 Å². The van der Waals surface area contributed by atoms with Gasteiger partial charge in [-0.1, -0.05) is 41.4 Å². The maximum Gasteiger partial charge on any atom is 0.343 e. The standard InChI is InChI=1S/C13H5Cl2F3O2/c14-7-9(16)8(15)12(11(18)10(7)17)20-13(19)6-4-2-1-3-5-6/h1-5H. The van der Waals surface area contributed by atoms with E-state index in [2.05, 4.69) is 4.74 Å². The van der Waals surface area contributed by atoms with Gasteiger partial charge in [-0.05, 0) is 12.1 Å². The van der Waals surface area contributed by atoms with E-state index in [0.717, 1.165) is 0 Å². The number of esters is 1. The highest BCUT2D eigenvalue weighted by Crippen LogP contribution is 2.37. The molecule has 0 aliphatic rings. The summed E-state index contributed by atoms with van der Waals surface area (Å²) < 4.78 is 44.9. The van der Waals surface area contributed by atoms with Crippen molar-refractivity contribution in [3.63, 3.8) is 0 Å². The van der Waals surface area contributed by atoms with E-state index < -0.39 is 39.2 Å². The number of ether oxygens (including phenoxy) is 1. The Morgan fingerprint density at radius 2 is 1.50 bits per heavy atom. The largest absolute Gasteiger partial charge is 0.418 e. The van der Waals surface area contributed by atoms with E-state index in [-0.39, 0.29) is 5.56 Å². The molecule has 0 fully saturated rings. The molecule has 0 saturated heterocycles. The van der Waals surface area contributed by atoms with E-state index in [1.807, 2.05) is 0 Å². The molecule has 2 nitrogen and oxygen atoms in total. The second kappa shape index (κ2) is 5.73. The SMILES string of the molecule is O=C(Oc1c(F)c(F)c(Cl)c(F)c1Cl)c1ccccc1. The van der Waals surface area contributed by atoms with Gasteiger partial charge < -0.3 is 4.74 Å². The summed E-state index contributed by atoms with van der Waals surface area (Å²) in [5.41, 5.74) is 0.0683. The molecule has 0 radical (unpaired) electrons. The van der Waals surface area contributed by atoms with Crippen LogP contribution in [0, 0.1) is 17.5 Å². The highest BCUT2D eigenvalue weighted by molar-refractivity contribution is 6.36. The molecule has 0 bridgehead atoms. The highest BCUT2D eigenvalue weighted by Gasteiger charge is 2.26. The second-order valence-corrected chi connectivity index (χ2v) is 4.41. The third-order valence-electron chi connectivity index (χ3n) is 2.37. The molecule has 0 spiro atoms. The van der Waals surface area contributed by atoms with Crippen LogP contribution in [0.2, 0.25) is 10.0 Å². The fourth-order valence-corrected chi connectivity index (χ4v) is 1.84. The minimum atomic E-state index is -1.68. The Labute approximate surface area is 121 Å². The molecule has 2 rings (SSSR count). The first-order valence-electron chi connectivity index (χ1n) is 5.22. The molecule has 0 saturated carbocycles. The fourth-order valence-electron chi connectivity index (χ4n) is 1.40. The molecule has 0 heterocycles. The number of carbonyl (C=O) groups excluding carboxylic acids is 1. The van der Waals surface area contributed by atoms with Crippen LogP contribution in [0.4, 0.5) is 13.2 Å². The monoisotopic (exact) mass is 320 g/mol. The van der Waals surface area contributed by atoms with Crippen molar-refractivity contribution in [2.75, 3.05) is 0 Å². The van der Waals surface area contributed by atoms with Crippen LogP contribution in [0.3, 0.4) is 0 Å². The van der Waals surface area contributed by atoms with Gasteiger partial charge in [0.25, 0.3) is 0 Å². The Bertz CT molecular complexity index is 646. The Balaban J connectivity index is 2.43. The molecular weight excluding hydrogens is 316 g/mol. The predicted molar refractivity (Wildman–Crippen MR) is 67.7 cm³/mol. The van der Waals surface area contributed by atoms with Crippen LogP contribution in [0.25, 0.3) is 0 Å². The van der Waals surface area contributed by atoms with E-state index in [4.69, 9.17) is 23.2 Å². The van der Waals surface area contributed by atoms with Crippen molar-refractivity contribution in [2.45, 2.75) is 0 Å². The lowest BCUT2D eigenvalue weighted by atomic mass is 10.2. The predicted octanol–water partition coefficient (Wildman–Crippen LogP) is 4.63. The molecule has 0 atom stereocenters. The molecule has 20 heavy (non-hydrogen) atoms. The van der Waals surface area contributed by atoms with Gasteiger partial charge in [-0.3, -0.25) is 0 Å². The van der Waals surface area contributed by atoms with Gasteiger partial charge >= 0.3 is 5.97 Å². The Kier molecular flexibility index (Phi) is 4.20. The van der Waals surface area contributed by atoms with Crippen molar-refractivity contribution in [3.05, 3.63) is 63.4 Å². The first-order valence-corrected chi connectivity index (χ1v) is 5.97. The number of hydrogen-bond donors (Lipinski definition) is 0. The van der Waals surface area contributed by atoms with Gasteiger partial charge in [-0.25, -0.2) is 13.6 Å². The average molecular weight is 321 g/mol. The highest BCUT2D eigenvalue weighted by atomic mass is 35.5. The van der Waals surface area contributed by atoms with Crippen LogP contribution in [-0.4, -0.2) is 5.97 Å². The number of halogens is 5. The topological polar surface area (TPSA) is 26.3 Å². The van der Waals surface area contributed by atoms with E-state index in [1.165, 1.54) is 24.3 Å². The van der Waals surface area contributed by atoms with Gasteiger partial charge in [-0.2, -0.15) is 4.39 Å². The quantitative estimate of drug-likeness (QED) is 0.349. The maximum atomic E-state index is 13.6. The zero-order valence-corrected chi connectivity index (χ0v) is 11.1. The minimum Gasteiger partial charge on any atom is -0.418 e. The van der Waals surface area contributed by atoms with Crippen molar-refractivity contribution in [2.24, 2.45) is 0 Å². The van der Waals surface area contributed by atoms with Crippen LogP contribution in [0.15, 0.2) is 30.3 Å². The van der Waals surface area contributed by atoms with Crippen molar-refractivity contribution >= 4 is 29.2 Å². The molecule has 0 aliphatic carbocycles. The normalized spacial score (nSPS) is 10.4. The van der Waals surface area contributed by atoms with Gasteiger partial charge in [0.1, 0.15) is 10.0 Å². The molecule has 0 N–H and O–H groups in total. The molecule has 104 valence electrons. The van der Waals surface area contributed by atoms with Crippen molar-refractivity contribution in [1.82, 2.24) is 0 Å². The molecule has 0 aromatic heterocycles. The number of rotatable bonds is 2. The molecule has 0 aliphatic heterocycles. The lowest BCUT2D eigenvalue weighted by Crippen LogP contribution is -2.11. The van der Waals surface area contributed by atoms with Crippen LogP contribution < -0.4 is 4.74 Å². The van der Waals surface area contributed by atoms with Crippen molar-refractivity contribution < 1.29 is 22.7 Å². The molecular formula is C13H5Cl2F3O2. The fraction of sp³-hybridized carbons (Fsp3) is 0. The van der Waals surface area contributed by atoms with E-state index in [0.29, 0.717) is 0 Å². The zero-order valence-electron chi connectivity index (χ0n) is 9.59. The van der Waals surface area contributed by atoms with E-state index in [9.17, 15) is 18.0 Å². The zero-order chi connectivity index (χ0) is 14.9. The molecule has 7 heteroatoms. The summed E-state index contributed by atoms with van der Waals surface area (Å²) >= 11 is 10.7.